The standard InChI is InChI=1S/C21H15N5S3/c1-14-17(9-8-15-5-2-10-27-15)23-21-24-19(18-7-4-12-29-18)20(26(21)25-14)22-13-16-6-3-11-28-16/h2-13H,1H3/b9-8+,22-13+. The van der Waals surface area contributed by atoms with Crippen LogP contribution in [0.5, 0.6) is 0 Å². The van der Waals surface area contributed by atoms with Crippen molar-refractivity contribution in [2.75, 3.05) is 0 Å². The maximum Gasteiger partial charge on any atom is 0.253 e. The second-order valence-corrected chi connectivity index (χ2v) is 9.08. The summed E-state index contributed by atoms with van der Waals surface area (Å²) < 4.78 is 1.73. The Morgan fingerprint density at radius 2 is 1.66 bits per heavy atom. The number of aromatic nitrogens is 4. The van der Waals surface area contributed by atoms with E-state index in [0.29, 0.717) is 11.6 Å². The van der Waals surface area contributed by atoms with Crippen molar-refractivity contribution in [3.05, 3.63) is 73.7 Å². The van der Waals surface area contributed by atoms with Gasteiger partial charge in [-0.3, -0.25) is 0 Å². The van der Waals surface area contributed by atoms with Gasteiger partial charge in [-0.05, 0) is 53.4 Å². The fraction of sp³-hybridized carbons (Fsp3) is 0.0476. The highest BCUT2D eigenvalue weighted by molar-refractivity contribution is 7.13. The van der Waals surface area contributed by atoms with Crippen LogP contribution in [0.15, 0.2) is 57.5 Å². The van der Waals surface area contributed by atoms with Gasteiger partial charge in [0.25, 0.3) is 5.78 Å². The number of fused-ring (bicyclic) bond motifs is 1. The molecule has 0 atom stereocenters. The number of rotatable bonds is 5. The fourth-order valence-electron chi connectivity index (χ4n) is 2.84. The van der Waals surface area contributed by atoms with E-state index in [1.165, 1.54) is 4.88 Å². The first-order valence-electron chi connectivity index (χ1n) is 8.88. The minimum absolute atomic E-state index is 0.545. The lowest BCUT2D eigenvalue weighted by atomic mass is 10.3. The molecule has 5 heterocycles. The minimum Gasteiger partial charge on any atom is -0.234 e. The molecule has 0 aliphatic rings. The molecule has 142 valence electrons. The molecule has 8 heteroatoms. The van der Waals surface area contributed by atoms with Gasteiger partial charge in [-0.1, -0.05) is 18.2 Å². The van der Waals surface area contributed by atoms with Crippen LogP contribution in [0, 0.1) is 6.92 Å². The highest BCUT2D eigenvalue weighted by Gasteiger charge is 2.17. The Labute approximate surface area is 179 Å². The van der Waals surface area contributed by atoms with Crippen LogP contribution in [-0.4, -0.2) is 25.8 Å². The minimum atomic E-state index is 0.545. The summed E-state index contributed by atoms with van der Waals surface area (Å²) in [6, 6.07) is 12.2. The summed E-state index contributed by atoms with van der Waals surface area (Å²) in [5.41, 5.74) is 2.43. The third-order valence-electron chi connectivity index (χ3n) is 4.22. The molecule has 0 aliphatic carbocycles. The van der Waals surface area contributed by atoms with E-state index in [1.807, 2.05) is 60.3 Å². The Morgan fingerprint density at radius 3 is 2.38 bits per heavy atom. The SMILES string of the molecule is Cc1nn2c(/N=C/c3cccs3)c(-c3cccs3)nc2nc1/C=C/c1cccs1. The molecule has 0 aromatic carbocycles. The van der Waals surface area contributed by atoms with E-state index in [2.05, 4.69) is 17.5 Å². The van der Waals surface area contributed by atoms with Crippen molar-refractivity contribution < 1.29 is 0 Å². The zero-order valence-corrected chi connectivity index (χ0v) is 17.8. The number of thiophene rings is 3. The fourth-order valence-corrected chi connectivity index (χ4v) is 4.75. The summed E-state index contributed by atoms with van der Waals surface area (Å²) >= 11 is 4.96. The molecule has 0 amide bonds. The molecule has 0 bridgehead atoms. The van der Waals surface area contributed by atoms with Crippen molar-refractivity contribution in [1.82, 2.24) is 19.6 Å². The van der Waals surface area contributed by atoms with E-state index in [9.17, 15) is 0 Å². The predicted molar refractivity (Wildman–Crippen MR) is 124 cm³/mol. The highest BCUT2D eigenvalue weighted by atomic mass is 32.1. The maximum absolute atomic E-state index is 4.76. The Bertz CT molecular complexity index is 1290. The lowest BCUT2D eigenvalue weighted by Gasteiger charge is -2.01. The first-order valence-corrected chi connectivity index (χ1v) is 11.5. The molecular formula is C21H15N5S3. The summed E-state index contributed by atoms with van der Waals surface area (Å²) in [7, 11) is 0. The number of nitrogens with zero attached hydrogens (tertiary/aromatic N) is 5. The monoisotopic (exact) mass is 433 g/mol. The molecule has 0 radical (unpaired) electrons. The van der Waals surface area contributed by atoms with Gasteiger partial charge in [0.15, 0.2) is 5.82 Å². The van der Waals surface area contributed by atoms with Crippen LogP contribution in [0.2, 0.25) is 0 Å². The van der Waals surface area contributed by atoms with Crippen LogP contribution < -0.4 is 0 Å². The first-order chi connectivity index (χ1) is 14.3. The van der Waals surface area contributed by atoms with E-state index >= 15 is 0 Å². The van der Waals surface area contributed by atoms with Gasteiger partial charge in [0.2, 0.25) is 0 Å². The molecule has 5 aromatic heterocycles. The summed E-state index contributed by atoms with van der Waals surface area (Å²) in [4.78, 5) is 17.5. The smallest absolute Gasteiger partial charge is 0.234 e. The van der Waals surface area contributed by atoms with Crippen LogP contribution in [0.1, 0.15) is 21.1 Å². The van der Waals surface area contributed by atoms with Crippen molar-refractivity contribution in [1.29, 1.82) is 0 Å². The number of aliphatic imine (C=N–C) groups is 1. The average Bonchev–Trinajstić information content (AvgIpc) is 3.52. The number of aryl methyl sites for hydroxylation is 1. The summed E-state index contributed by atoms with van der Waals surface area (Å²) in [5.74, 6) is 1.24. The molecular weight excluding hydrogens is 418 g/mol. The van der Waals surface area contributed by atoms with Crippen LogP contribution in [-0.2, 0) is 0 Å². The lowest BCUT2D eigenvalue weighted by Crippen LogP contribution is -2.01. The van der Waals surface area contributed by atoms with Crippen molar-refractivity contribution in [2.45, 2.75) is 6.92 Å². The van der Waals surface area contributed by atoms with Crippen molar-refractivity contribution in [2.24, 2.45) is 4.99 Å². The van der Waals surface area contributed by atoms with Crippen molar-refractivity contribution in [3.8, 4) is 10.6 Å². The quantitative estimate of drug-likeness (QED) is 0.310. The van der Waals surface area contributed by atoms with Crippen molar-refractivity contribution >= 4 is 64.0 Å². The predicted octanol–water partition coefficient (Wildman–Crippen LogP) is 6.21. The van der Waals surface area contributed by atoms with Crippen LogP contribution in [0.3, 0.4) is 0 Å². The van der Waals surface area contributed by atoms with Gasteiger partial charge >= 0.3 is 0 Å². The second-order valence-electron chi connectivity index (χ2n) is 6.18. The molecule has 0 fully saturated rings. The van der Waals surface area contributed by atoms with Crippen LogP contribution >= 0.6 is 34.0 Å². The van der Waals surface area contributed by atoms with Crippen molar-refractivity contribution in [3.63, 3.8) is 0 Å². The average molecular weight is 434 g/mol. The topological polar surface area (TPSA) is 55.4 Å². The van der Waals surface area contributed by atoms with E-state index in [4.69, 9.17) is 20.1 Å². The van der Waals surface area contributed by atoms with Gasteiger partial charge in [0.05, 0.1) is 16.3 Å². The summed E-state index contributed by atoms with van der Waals surface area (Å²) in [6.07, 6.45) is 5.90. The van der Waals surface area contributed by atoms with E-state index in [1.54, 1.807) is 38.5 Å². The normalized spacial score (nSPS) is 12.0. The lowest BCUT2D eigenvalue weighted by molar-refractivity contribution is 0.864. The van der Waals surface area contributed by atoms with Gasteiger partial charge in [0.1, 0.15) is 5.69 Å². The molecule has 0 saturated heterocycles. The van der Waals surface area contributed by atoms with Gasteiger partial charge in [0, 0.05) is 16.0 Å². The van der Waals surface area contributed by atoms with Crippen LogP contribution in [0.25, 0.3) is 28.5 Å². The summed E-state index contributed by atoms with van der Waals surface area (Å²) in [5, 5.41) is 10.9. The number of hydrogen-bond acceptors (Lipinski definition) is 7. The molecule has 0 unspecified atom stereocenters. The molecule has 0 saturated carbocycles. The van der Waals surface area contributed by atoms with Crippen LogP contribution in [0.4, 0.5) is 5.82 Å². The van der Waals surface area contributed by atoms with Gasteiger partial charge in [-0.25, -0.2) is 15.0 Å². The molecule has 0 N–H and O–H groups in total. The van der Waals surface area contributed by atoms with Gasteiger partial charge < -0.3 is 0 Å². The van der Waals surface area contributed by atoms with Gasteiger partial charge in [-0.2, -0.15) is 9.61 Å². The molecule has 0 spiro atoms. The molecule has 0 aliphatic heterocycles. The Morgan fingerprint density at radius 1 is 0.897 bits per heavy atom. The zero-order chi connectivity index (χ0) is 19.6. The van der Waals surface area contributed by atoms with E-state index in [0.717, 1.165) is 26.8 Å². The summed E-state index contributed by atoms with van der Waals surface area (Å²) in [6.45, 7) is 1.96. The molecule has 5 aromatic rings. The molecule has 29 heavy (non-hydrogen) atoms. The Kier molecular flexibility index (Phi) is 4.89. The third-order valence-corrected chi connectivity index (χ3v) is 6.74. The molecule has 5 nitrogen and oxygen atoms in total. The highest BCUT2D eigenvalue weighted by Crippen LogP contribution is 2.33. The van der Waals surface area contributed by atoms with E-state index in [-0.39, 0.29) is 0 Å². The maximum atomic E-state index is 4.76. The molecule has 5 rings (SSSR count). The second kappa shape index (κ2) is 7.82. The zero-order valence-electron chi connectivity index (χ0n) is 15.4. The third kappa shape index (κ3) is 3.69. The van der Waals surface area contributed by atoms with E-state index < -0.39 is 0 Å². The number of hydrogen-bond donors (Lipinski definition) is 0. The Balaban J connectivity index is 1.63. The Hall–Kier alpha value is -2.94. The van der Waals surface area contributed by atoms with Gasteiger partial charge in [-0.15, -0.1) is 34.0 Å². The first kappa shape index (κ1) is 18.1. The largest absolute Gasteiger partial charge is 0.253 e. The number of imidazole rings is 1.